The highest BCUT2D eigenvalue weighted by Gasteiger charge is 2.22. The first-order valence-electron chi connectivity index (χ1n) is 7.78. The molecule has 0 spiro atoms. The summed E-state index contributed by atoms with van der Waals surface area (Å²) in [6.07, 6.45) is 0. The lowest BCUT2D eigenvalue weighted by molar-refractivity contribution is 0.0526. The maximum absolute atomic E-state index is 13.8. The second kappa shape index (κ2) is 7.29. The fraction of sp³-hybridized carbons (Fsp3) is 0.158. The van der Waals surface area contributed by atoms with Crippen molar-refractivity contribution in [3.8, 4) is 5.75 Å². The minimum absolute atomic E-state index is 0.136. The molecule has 0 saturated heterocycles. The summed E-state index contributed by atoms with van der Waals surface area (Å²) in [5, 5.41) is 0.445. The van der Waals surface area contributed by atoms with E-state index in [-0.39, 0.29) is 23.5 Å². The van der Waals surface area contributed by atoms with E-state index in [0.29, 0.717) is 21.2 Å². The molecule has 1 heterocycles. The van der Waals surface area contributed by atoms with Crippen molar-refractivity contribution >= 4 is 38.8 Å². The predicted octanol–water partition coefficient (Wildman–Crippen LogP) is 5.04. The Hall–Kier alpha value is -2.67. The fourth-order valence-corrected chi connectivity index (χ4v) is 2.94. The maximum atomic E-state index is 13.8. The highest BCUT2D eigenvalue weighted by molar-refractivity contribution is 9.10. The van der Waals surface area contributed by atoms with E-state index < -0.39 is 17.8 Å². The highest BCUT2D eigenvalue weighted by Crippen LogP contribution is 2.35. The Kier molecular flexibility index (Phi) is 5.08. The van der Waals surface area contributed by atoms with Crippen LogP contribution in [0.1, 0.15) is 33.4 Å². The molecule has 26 heavy (non-hydrogen) atoms. The van der Waals surface area contributed by atoms with Gasteiger partial charge in [0.25, 0.3) is 0 Å². The summed E-state index contributed by atoms with van der Waals surface area (Å²) < 4.78 is 30.1. The number of fused-ring (bicyclic) bond motifs is 1. The molecule has 134 valence electrons. The zero-order valence-electron chi connectivity index (χ0n) is 14.0. The Bertz CT molecular complexity index is 1010. The normalized spacial score (nSPS) is 10.8. The average Bonchev–Trinajstić information content (AvgIpc) is 2.90. The minimum atomic E-state index is -0.846. The summed E-state index contributed by atoms with van der Waals surface area (Å²) >= 11 is 3.29. The van der Waals surface area contributed by atoms with E-state index in [4.69, 9.17) is 13.9 Å². The fourth-order valence-electron chi connectivity index (χ4n) is 2.54. The second-order valence-electron chi connectivity index (χ2n) is 5.40. The summed E-state index contributed by atoms with van der Waals surface area (Å²) in [5.74, 6) is -1.53. The first-order valence-corrected chi connectivity index (χ1v) is 8.58. The van der Waals surface area contributed by atoms with E-state index in [0.717, 1.165) is 0 Å². The van der Waals surface area contributed by atoms with Crippen molar-refractivity contribution in [3.05, 3.63) is 63.6 Å². The van der Waals surface area contributed by atoms with E-state index in [9.17, 15) is 14.0 Å². The van der Waals surface area contributed by atoms with Crippen molar-refractivity contribution in [2.75, 3.05) is 6.61 Å². The zero-order chi connectivity index (χ0) is 18.8. The molecule has 7 heteroatoms. The van der Waals surface area contributed by atoms with E-state index in [1.165, 1.54) is 30.3 Å². The van der Waals surface area contributed by atoms with Gasteiger partial charge in [-0.25, -0.2) is 14.0 Å². The lowest BCUT2D eigenvalue weighted by Gasteiger charge is -2.08. The minimum Gasteiger partial charge on any atom is -0.462 e. The van der Waals surface area contributed by atoms with Gasteiger partial charge in [0, 0.05) is 5.39 Å². The van der Waals surface area contributed by atoms with Gasteiger partial charge < -0.3 is 13.9 Å². The Labute approximate surface area is 156 Å². The average molecular weight is 421 g/mol. The van der Waals surface area contributed by atoms with Crippen LogP contribution in [-0.2, 0) is 4.74 Å². The number of hydrogen-bond acceptors (Lipinski definition) is 5. The van der Waals surface area contributed by atoms with Crippen LogP contribution in [0.25, 0.3) is 11.0 Å². The van der Waals surface area contributed by atoms with Crippen molar-refractivity contribution in [3.63, 3.8) is 0 Å². The van der Waals surface area contributed by atoms with Crippen molar-refractivity contribution in [2.24, 2.45) is 0 Å². The molecule has 0 aliphatic rings. The van der Waals surface area contributed by atoms with Gasteiger partial charge in [-0.05, 0) is 54.0 Å². The molecular formula is C19H14BrFO5. The maximum Gasteiger partial charge on any atom is 0.346 e. The largest absolute Gasteiger partial charge is 0.462 e. The molecule has 0 amide bonds. The second-order valence-corrected chi connectivity index (χ2v) is 6.26. The summed E-state index contributed by atoms with van der Waals surface area (Å²) in [6, 6.07) is 8.59. The molecule has 0 unspecified atom stereocenters. The Morgan fingerprint density at radius 1 is 1.19 bits per heavy atom. The summed E-state index contributed by atoms with van der Waals surface area (Å²) in [4.78, 5) is 24.4. The van der Waals surface area contributed by atoms with Gasteiger partial charge in [-0.2, -0.15) is 0 Å². The first-order chi connectivity index (χ1) is 12.4. The van der Waals surface area contributed by atoms with Crippen LogP contribution >= 0.6 is 15.9 Å². The number of esters is 2. The number of rotatable bonds is 4. The van der Waals surface area contributed by atoms with Crippen molar-refractivity contribution in [2.45, 2.75) is 13.8 Å². The number of benzene rings is 2. The van der Waals surface area contributed by atoms with Gasteiger partial charge in [0.15, 0.2) is 0 Å². The van der Waals surface area contributed by atoms with Crippen LogP contribution < -0.4 is 4.74 Å². The standard InChI is InChI=1S/C19H14BrFO5/c1-3-24-19(23)17-10(2)25-15-9-13(20)16(8-12(15)17)26-18(22)11-6-4-5-7-14(11)21/h4-9H,3H2,1-2H3. The van der Waals surface area contributed by atoms with Gasteiger partial charge in [-0.3, -0.25) is 0 Å². The molecule has 0 bridgehead atoms. The molecule has 0 atom stereocenters. The number of hydrogen-bond donors (Lipinski definition) is 0. The Balaban J connectivity index is 2.02. The third-order valence-corrected chi connectivity index (χ3v) is 4.31. The van der Waals surface area contributed by atoms with Gasteiger partial charge in [0.05, 0.1) is 16.6 Å². The van der Waals surface area contributed by atoms with Crippen LogP contribution in [0.2, 0.25) is 0 Å². The number of ether oxygens (including phenoxy) is 2. The van der Waals surface area contributed by atoms with Crippen molar-refractivity contribution in [1.82, 2.24) is 0 Å². The highest BCUT2D eigenvalue weighted by atomic mass is 79.9. The van der Waals surface area contributed by atoms with Gasteiger partial charge in [-0.1, -0.05) is 12.1 Å². The number of carbonyl (C=O) groups excluding carboxylic acids is 2. The van der Waals surface area contributed by atoms with Gasteiger partial charge in [0.1, 0.15) is 28.5 Å². The molecule has 0 N–H and O–H groups in total. The molecule has 0 aliphatic heterocycles. The first kappa shape index (κ1) is 18.1. The third kappa shape index (κ3) is 3.35. The molecule has 0 aliphatic carbocycles. The lowest BCUT2D eigenvalue weighted by Crippen LogP contribution is -2.11. The molecule has 1 aromatic heterocycles. The molecule has 0 saturated carbocycles. The summed E-state index contributed by atoms with van der Waals surface area (Å²) in [7, 11) is 0. The van der Waals surface area contributed by atoms with E-state index in [1.54, 1.807) is 19.9 Å². The molecule has 3 aromatic rings. The van der Waals surface area contributed by atoms with Gasteiger partial charge in [0.2, 0.25) is 0 Å². The van der Waals surface area contributed by atoms with E-state index >= 15 is 0 Å². The lowest BCUT2D eigenvalue weighted by atomic mass is 10.1. The monoisotopic (exact) mass is 420 g/mol. The zero-order valence-corrected chi connectivity index (χ0v) is 15.6. The summed E-state index contributed by atoms with van der Waals surface area (Å²) in [5.41, 5.74) is 0.508. The predicted molar refractivity (Wildman–Crippen MR) is 96.0 cm³/mol. The van der Waals surface area contributed by atoms with Crippen LogP contribution in [-0.4, -0.2) is 18.5 Å². The van der Waals surface area contributed by atoms with Crippen LogP contribution in [0.5, 0.6) is 5.75 Å². The Morgan fingerprint density at radius 2 is 1.92 bits per heavy atom. The van der Waals surface area contributed by atoms with Crippen LogP contribution in [0.3, 0.4) is 0 Å². The van der Waals surface area contributed by atoms with Crippen LogP contribution in [0.4, 0.5) is 4.39 Å². The van der Waals surface area contributed by atoms with Gasteiger partial charge >= 0.3 is 11.9 Å². The van der Waals surface area contributed by atoms with Gasteiger partial charge in [-0.15, -0.1) is 0 Å². The van der Waals surface area contributed by atoms with Crippen molar-refractivity contribution < 1.29 is 27.9 Å². The molecule has 0 radical (unpaired) electrons. The summed E-state index contributed by atoms with van der Waals surface area (Å²) in [6.45, 7) is 3.56. The van der Waals surface area contributed by atoms with Crippen LogP contribution in [0.15, 0.2) is 45.3 Å². The number of carbonyl (C=O) groups is 2. The Morgan fingerprint density at radius 3 is 2.62 bits per heavy atom. The topological polar surface area (TPSA) is 65.7 Å². The smallest absolute Gasteiger partial charge is 0.346 e. The molecular weight excluding hydrogens is 407 g/mol. The number of aryl methyl sites for hydroxylation is 1. The quantitative estimate of drug-likeness (QED) is 0.436. The van der Waals surface area contributed by atoms with E-state index in [1.807, 2.05) is 0 Å². The van der Waals surface area contributed by atoms with E-state index in [2.05, 4.69) is 15.9 Å². The molecule has 3 rings (SSSR count). The molecule has 2 aromatic carbocycles. The molecule has 5 nitrogen and oxygen atoms in total. The SMILES string of the molecule is CCOC(=O)c1c(C)oc2cc(Br)c(OC(=O)c3ccccc3F)cc12. The third-order valence-electron chi connectivity index (χ3n) is 3.69. The van der Waals surface area contributed by atoms with Crippen molar-refractivity contribution in [1.29, 1.82) is 0 Å². The van der Waals surface area contributed by atoms with Crippen LogP contribution in [0, 0.1) is 12.7 Å². The number of halogens is 2. The number of furan rings is 1. The molecule has 0 fully saturated rings.